The van der Waals surface area contributed by atoms with Crippen LogP contribution >= 0.6 is 11.8 Å². The fourth-order valence-corrected chi connectivity index (χ4v) is 9.16. The van der Waals surface area contributed by atoms with Crippen LogP contribution in [0.3, 0.4) is 0 Å². The maximum atomic E-state index is 13.3. The Hall–Kier alpha value is -1.09. The van der Waals surface area contributed by atoms with E-state index in [1.807, 2.05) is 44.2 Å². The molecular formula is C23H34N2O4S2. The van der Waals surface area contributed by atoms with E-state index in [4.69, 9.17) is 4.74 Å². The van der Waals surface area contributed by atoms with Gasteiger partial charge in [0.15, 0.2) is 4.87 Å². The monoisotopic (exact) mass is 466 g/mol. The van der Waals surface area contributed by atoms with E-state index < -0.39 is 20.3 Å². The fraction of sp³-hybridized carbons (Fsp3) is 0.696. The van der Waals surface area contributed by atoms with Crippen LogP contribution in [0.1, 0.15) is 47.0 Å². The van der Waals surface area contributed by atoms with E-state index in [0.717, 1.165) is 24.2 Å². The number of carbonyl (C=O) groups excluding carboxylic acids is 1. The van der Waals surface area contributed by atoms with Gasteiger partial charge in [0.05, 0.1) is 5.75 Å². The van der Waals surface area contributed by atoms with Crippen LogP contribution in [0.5, 0.6) is 0 Å². The first kappa shape index (κ1) is 23.1. The van der Waals surface area contributed by atoms with Crippen LogP contribution in [0.4, 0.5) is 0 Å². The Balaban J connectivity index is 1.56. The second kappa shape index (κ2) is 8.04. The molecule has 31 heavy (non-hydrogen) atoms. The highest BCUT2D eigenvalue weighted by Crippen LogP contribution is 2.67. The number of hydrogen-bond donors (Lipinski definition) is 1. The molecule has 3 fully saturated rings. The van der Waals surface area contributed by atoms with Gasteiger partial charge in [-0.05, 0) is 42.7 Å². The highest BCUT2D eigenvalue weighted by molar-refractivity contribution is 8.01. The van der Waals surface area contributed by atoms with Crippen molar-refractivity contribution in [2.24, 2.45) is 16.7 Å². The molecule has 4 rings (SSSR count). The number of hydrogen-bond acceptors (Lipinski definition) is 6. The van der Waals surface area contributed by atoms with Crippen molar-refractivity contribution in [3.05, 3.63) is 30.3 Å². The number of ether oxygens (including phenoxy) is 1. The van der Waals surface area contributed by atoms with Crippen LogP contribution in [0.25, 0.3) is 0 Å². The molecule has 172 valence electrons. The summed E-state index contributed by atoms with van der Waals surface area (Å²) >= 11 is 1.48. The number of sulfonamides is 1. The molecule has 0 aromatic heterocycles. The molecule has 1 aliphatic heterocycles. The largest absolute Gasteiger partial charge is 0.460 e. The minimum absolute atomic E-state index is 0.0510. The summed E-state index contributed by atoms with van der Waals surface area (Å²) in [6.45, 7) is 9.57. The quantitative estimate of drug-likeness (QED) is 0.443. The smallest absolute Gasteiger partial charge is 0.338 e. The van der Waals surface area contributed by atoms with Gasteiger partial charge >= 0.3 is 5.97 Å². The van der Waals surface area contributed by atoms with Crippen molar-refractivity contribution in [1.82, 2.24) is 9.62 Å². The first-order valence-corrected chi connectivity index (χ1v) is 13.7. The molecule has 2 aliphatic carbocycles. The molecule has 4 atom stereocenters. The Morgan fingerprint density at radius 2 is 1.87 bits per heavy atom. The summed E-state index contributed by atoms with van der Waals surface area (Å²) in [6, 6.07) is 9.83. The molecule has 1 N–H and O–H groups in total. The lowest BCUT2D eigenvalue weighted by atomic mass is 9.69. The Bertz CT molecular complexity index is 926. The predicted molar refractivity (Wildman–Crippen MR) is 123 cm³/mol. The van der Waals surface area contributed by atoms with Crippen LogP contribution in [0.15, 0.2) is 35.2 Å². The molecule has 0 amide bonds. The molecule has 6 nitrogen and oxygen atoms in total. The van der Waals surface area contributed by atoms with E-state index in [9.17, 15) is 13.2 Å². The van der Waals surface area contributed by atoms with E-state index in [-0.39, 0.29) is 23.2 Å². The summed E-state index contributed by atoms with van der Waals surface area (Å²) in [6.07, 6.45) is 2.17. The molecule has 1 aromatic carbocycles. The van der Waals surface area contributed by atoms with Crippen LogP contribution in [0.2, 0.25) is 0 Å². The summed E-state index contributed by atoms with van der Waals surface area (Å²) in [5, 5.41) is 3.19. The van der Waals surface area contributed by atoms with E-state index in [1.165, 1.54) is 16.1 Å². The summed E-state index contributed by atoms with van der Waals surface area (Å²) in [5.74, 6) is 0.159. The van der Waals surface area contributed by atoms with Gasteiger partial charge in [-0.2, -0.15) is 0 Å². The predicted octanol–water partition coefficient (Wildman–Crippen LogP) is 3.49. The van der Waals surface area contributed by atoms with Crippen LogP contribution in [-0.2, 0) is 19.6 Å². The Kier molecular flexibility index (Phi) is 5.99. The topological polar surface area (TPSA) is 85.6 Å². The molecule has 1 aromatic rings. The SMILES string of the molecule is CCN(CC)S(=O)(=O)C[C@@]12CC[C@H](C[C@H]1OC(=O)[C@@]1(Sc3ccccc3)CN1)C2(C)C. The normalized spacial score (nSPS) is 33.6. The van der Waals surface area contributed by atoms with Crippen LogP contribution < -0.4 is 5.32 Å². The molecule has 0 spiro atoms. The van der Waals surface area contributed by atoms with Crippen molar-refractivity contribution in [2.45, 2.75) is 62.8 Å². The summed E-state index contributed by atoms with van der Waals surface area (Å²) in [5.41, 5.74) is -0.725. The van der Waals surface area contributed by atoms with Crippen molar-refractivity contribution in [2.75, 3.05) is 25.4 Å². The van der Waals surface area contributed by atoms with Crippen LogP contribution in [0, 0.1) is 16.7 Å². The van der Waals surface area contributed by atoms with E-state index in [1.54, 1.807) is 0 Å². The third kappa shape index (κ3) is 3.83. The second-order valence-electron chi connectivity index (χ2n) is 9.68. The standard InChI is InChI=1S/C23H34N2O4S2/c1-5-25(6-2)31(27,28)16-22-13-12-17(21(22,3)4)14-19(22)29-20(26)23(15-24-23)30-18-10-8-7-9-11-18/h7-11,17,19,24H,5-6,12-16H2,1-4H3/t17-,19-,22+,23+/m1/s1. The Morgan fingerprint density at radius 1 is 1.23 bits per heavy atom. The lowest BCUT2D eigenvalue weighted by Crippen LogP contribution is -2.50. The number of benzene rings is 1. The fourth-order valence-electron chi connectivity index (χ4n) is 5.79. The zero-order chi connectivity index (χ0) is 22.5. The zero-order valence-electron chi connectivity index (χ0n) is 18.9. The van der Waals surface area contributed by atoms with Crippen molar-refractivity contribution in [1.29, 1.82) is 0 Å². The maximum Gasteiger partial charge on any atom is 0.338 e. The third-order valence-electron chi connectivity index (χ3n) is 8.01. The highest BCUT2D eigenvalue weighted by Gasteiger charge is 2.68. The van der Waals surface area contributed by atoms with E-state index in [0.29, 0.717) is 25.6 Å². The zero-order valence-corrected chi connectivity index (χ0v) is 20.5. The number of rotatable bonds is 9. The van der Waals surface area contributed by atoms with E-state index >= 15 is 0 Å². The van der Waals surface area contributed by atoms with Gasteiger partial charge in [-0.1, -0.05) is 57.7 Å². The van der Waals surface area contributed by atoms with Gasteiger partial charge in [0.1, 0.15) is 6.10 Å². The minimum atomic E-state index is -3.44. The first-order valence-electron chi connectivity index (χ1n) is 11.3. The number of esters is 1. The molecular weight excluding hydrogens is 432 g/mol. The summed E-state index contributed by atoms with van der Waals surface area (Å²) in [7, 11) is -3.44. The molecule has 0 radical (unpaired) electrons. The van der Waals surface area contributed by atoms with Gasteiger partial charge in [0.25, 0.3) is 0 Å². The van der Waals surface area contributed by atoms with Gasteiger partial charge < -0.3 is 4.74 Å². The minimum Gasteiger partial charge on any atom is -0.460 e. The summed E-state index contributed by atoms with van der Waals surface area (Å²) in [4.78, 5) is 13.5. The lowest BCUT2D eigenvalue weighted by Gasteiger charge is -2.42. The van der Waals surface area contributed by atoms with Gasteiger partial charge in [0, 0.05) is 29.9 Å². The van der Waals surface area contributed by atoms with Gasteiger partial charge in [-0.25, -0.2) is 17.5 Å². The molecule has 1 saturated heterocycles. The number of nitrogens with one attached hydrogen (secondary N) is 1. The molecule has 2 saturated carbocycles. The van der Waals surface area contributed by atoms with Crippen LogP contribution in [-0.4, -0.2) is 55.1 Å². The molecule has 1 heterocycles. The average molecular weight is 467 g/mol. The van der Waals surface area contributed by atoms with E-state index in [2.05, 4.69) is 19.2 Å². The Labute approximate surface area is 190 Å². The molecule has 2 bridgehead atoms. The second-order valence-corrected chi connectivity index (χ2v) is 13.0. The Morgan fingerprint density at radius 3 is 2.42 bits per heavy atom. The van der Waals surface area contributed by atoms with Gasteiger partial charge in [-0.15, -0.1) is 0 Å². The number of fused-ring (bicyclic) bond motifs is 2. The lowest BCUT2D eigenvalue weighted by molar-refractivity contribution is -0.157. The third-order valence-corrected chi connectivity index (χ3v) is 11.5. The summed E-state index contributed by atoms with van der Waals surface area (Å²) < 4.78 is 34.3. The van der Waals surface area contributed by atoms with Crippen molar-refractivity contribution in [3.63, 3.8) is 0 Å². The maximum absolute atomic E-state index is 13.3. The van der Waals surface area contributed by atoms with Crippen molar-refractivity contribution >= 4 is 27.8 Å². The molecule has 3 aliphatic rings. The van der Waals surface area contributed by atoms with Crippen molar-refractivity contribution in [3.8, 4) is 0 Å². The number of nitrogens with zero attached hydrogens (tertiary/aromatic N) is 1. The van der Waals surface area contributed by atoms with Gasteiger partial charge in [0.2, 0.25) is 10.0 Å². The number of carbonyl (C=O) groups is 1. The first-order chi connectivity index (χ1) is 14.6. The average Bonchev–Trinajstić information content (AvgIpc) is 3.42. The number of thioether (sulfide) groups is 1. The van der Waals surface area contributed by atoms with Gasteiger partial charge in [-0.3, -0.25) is 5.32 Å². The highest BCUT2D eigenvalue weighted by atomic mass is 32.2. The molecule has 0 unspecified atom stereocenters. The van der Waals surface area contributed by atoms with Crippen molar-refractivity contribution < 1.29 is 17.9 Å². The molecule has 8 heteroatoms.